The van der Waals surface area contributed by atoms with E-state index in [1.54, 1.807) is 6.21 Å². The first-order valence-electron chi connectivity index (χ1n) is 3.02. The van der Waals surface area contributed by atoms with Crippen LogP contribution < -0.4 is 0 Å². The minimum atomic E-state index is 0.458. The van der Waals surface area contributed by atoms with Crippen LogP contribution >= 0.6 is 0 Å². The van der Waals surface area contributed by atoms with Crippen molar-refractivity contribution >= 4 is 6.21 Å². The van der Waals surface area contributed by atoms with Gasteiger partial charge in [0.05, 0.1) is 5.92 Å². The van der Waals surface area contributed by atoms with Crippen LogP contribution in [0.2, 0.25) is 0 Å². The number of hydrogen-bond donors (Lipinski definition) is 0. The fourth-order valence-electron chi connectivity index (χ4n) is 0.594. The highest BCUT2D eigenvalue weighted by atomic mass is 14.8. The molecule has 0 aromatic carbocycles. The minimum Gasteiger partial charge on any atom is -0.362 e. The van der Waals surface area contributed by atoms with Crippen molar-refractivity contribution in [2.45, 2.75) is 26.7 Å². The highest BCUT2D eigenvalue weighted by molar-refractivity contribution is 5.53. The van der Waals surface area contributed by atoms with E-state index < -0.39 is 0 Å². The molecule has 0 aromatic heterocycles. The minimum absolute atomic E-state index is 0.458. The van der Waals surface area contributed by atoms with Crippen molar-refractivity contribution in [3.8, 4) is 0 Å². The molecule has 0 aromatic rings. The largest absolute Gasteiger partial charge is 0.362 e. The molecule has 0 N–H and O–H groups in total. The van der Waals surface area contributed by atoms with E-state index >= 15 is 0 Å². The van der Waals surface area contributed by atoms with Crippen LogP contribution in [0.1, 0.15) is 26.7 Å². The molecule has 0 rings (SSSR count). The molecular formula is C6H12N2. The van der Waals surface area contributed by atoms with E-state index in [-0.39, 0.29) is 0 Å². The van der Waals surface area contributed by atoms with E-state index in [0.717, 1.165) is 12.8 Å². The van der Waals surface area contributed by atoms with Crippen molar-refractivity contribution in [2.75, 3.05) is 0 Å². The lowest BCUT2D eigenvalue weighted by molar-refractivity contribution is -0.00339. The van der Waals surface area contributed by atoms with Gasteiger partial charge in [-0.25, -0.2) is 0 Å². The summed E-state index contributed by atoms with van der Waals surface area (Å²) >= 11 is 0. The average molecular weight is 112 g/mol. The van der Waals surface area contributed by atoms with Gasteiger partial charge in [0.1, 0.15) is 0 Å². The second-order valence-corrected chi connectivity index (χ2v) is 1.84. The molecule has 0 amide bonds. The van der Waals surface area contributed by atoms with Gasteiger partial charge in [-0.05, 0) is 12.8 Å². The number of rotatable bonds is 3. The van der Waals surface area contributed by atoms with E-state index in [4.69, 9.17) is 5.53 Å². The normalized spacial score (nSPS) is 8.88. The fourth-order valence-corrected chi connectivity index (χ4v) is 0.594. The average Bonchev–Trinajstić information content (AvgIpc) is 1.83. The highest BCUT2D eigenvalue weighted by Crippen LogP contribution is 2.01. The molecule has 0 fully saturated rings. The van der Waals surface area contributed by atoms with Gasteiger partial charge >= 0.3 is 0 Å². The first-order chi connectivity index (χ1) is 3.85. The summed E-state index contributed by atoms with van der Waals surface area (Å²) in [4.78, 5) is 2.95. The Balaban J connectivity index is 3.52. The molecule has 0 heterocycles. The zero-order valence-electron chi connectivity index (χ0n) is 5.46. The molecule has 0 spiro atoms. The molecule has 0 unspecified atom stereocenters. The maximum absolute atomic E-state index is 8.07. The van der Waals surface area contributed by atoms with Gasteiger partial charge in [0.25, 0.3) is 6.21 Å². The van der Waals surface area contributed by atoms with Gasteiger partial charge in [-0.15, -0.1) is 0 Å². The summed E-state index contributed by atoms with van der Waals surface area (Å²) in [6.07, 6.45) is 3.70. The van der Waals surface area contributed by atoms with Crippen LogP contribution in [0.4, 0.5) is 0 Å². The summed E-state index contributed by atoms with van der Waals surface area (Å²) in [7, 11) is 0. The lowest BCUT2D eigenvalue weighted by atomic mass is 10.1. The van der Waals surface area contributed by atoms with Crippen LogP contribution in [-0.4, -0.2) is 11.0 Å². The maximum atomic E-state index is 8.07. The van der Waals surface area contributed by atoms with Gasteiger partial charge in [-0.3, -0.25) is 0 Å². The highest BCUT2D eigenvalue weighted by Gasteiger charge is 2.01. The Hall–Kier alpha value is -0.620. The van der Waals surface area contributed by atoms with Crippen molar-refractivity contribution in [3.05, 3.63) is 5.53 Å². The third-order valence-electron chi connectivity index (χ3n) is 1.33. The second kappa shape index (κ2) is 4.54. The molecular weight excluding hydrogens is 100 g/mol. The Labute approximate surface area is 50.1 Å². The smallest absolute Gasteiger partial charge is 0.260 e. The number of nitrogens with zero attached hydrogens (tertiary/aromatic N) is 2. The van der Waals surface area contributed by atoms with Crippen LogP contribution in [0.3, 0.4) is 0 Å². The topological polar surface area (TPSA) is 36.4 Å². The lowest BCUT2D eigenvalue weighted by Crippen LogP contribution is -1.97. The zero-order valence-corrected chi connectivity index (χ0v) is 5.46. The quantitative estimate of drug-likeness (QED) is 0.303. The molecule has 46 valence electrons. The predicted octanol–water partition coefficient (Wildman–Crippen LogP) is 1.72. The summed E-state index contributed by atoms with van der Waals surface area (Å²) < 4.78 is 0. The monoisotopic (exact) mass is 112 g/mol. The van der Waals surface area contributed by atoms with Crippen LogP contribution in [-0.2, 0) is 0 Å². The molecule has 0 radical (unpaired) electrons. The van der Waals surface area contributed by atoms with Gasteiger partial charge in [-0.2, -0.15) is 4.79 Å². The van der Waals surface area contributed by atoms with Crippen molar-refractivity contribution in [1.29, 1.82) is 0 Å². The molecule has 0 aliphatic heterocycles. The first-order valence-corrected chi connectivity index (χ1v) is 3.02. The van der Waals surface area contributed by atoms with Gasteiger partial charge in [0.2, 0.25) is 0 Å². The van der Waals surface area contributed by atoms with Crippen molar-refractivity contribution < 1.29 is 4.79 Å². The zero-order chi connectivity index (χ0) is 6.41. The molecule has 0 aliphatic carbocycles. The Kier molecular flexibility index (Phi) is 4.19. The summed E-state index contributed by atoms with van der Waals surface area (Å²) in [6.45, 7) is 4.16. The number of hydrogen-bond acceptors (Lipinski definition) is 0. The molecule has 0 aliphatic rings. The molecule has 0 saturated heterocycles. The van der Waals surface area contributed by atoms with Crippen LogP contribution in [0, 0.1) is 5.92 Å². The van der Waals surface area contributed by atoms with Gasteiger partial charge < -0.3 is 5.53 Å². The van der Waals surface area contributed by atoms with Crippen molar-refractivity contribution in [1.82, 2.24) is 0 Å². The van der Waals surface area contributed by atoms with Crippen LogP contribution in [0.25, 0.3) is 5.53 Å². The molecule has 0 bridgehead atoms. The summed E-state index contributed by atoms with van der Waals surface area (Å²) in [5.74, 6) is 0.458. The maximum Gasteiger partial charge on any atom is 0.260 e. The second-order valence-electron chi connectivity index (χ2n) is 1.84. The standard InChI is InChI=1S/C6H12N2/c1-3-6(4-2)5-8-7/h5-6H,3-4H2,1-2H3. The van der Waals surface area contributed by atoms with E-state index in [1.807, 2.05) is 0 Å². The third kappa shape index (κ3) is 2.54. The molecule has 8 heavy (non-hydrogen) atoms. The summed E-state index contributed by atoms with van der Waals surface area (Å²) in [5.41, 5.74) is 8.07. The molecule has 0 atom stereocenters. The molecule has 2 nitrogen and oxygen atoms in total. The predicted molar refractivity (Wildman–Crippen MR) is 33.8 cm³/mol. The van der Waals surface area contributed by atoms with Crippen molar-refractivity contribution in [3.63, 3.8) is 0 Å². The Morgan fingerprint density at radius 3 is 2.12 bits per heavy atom. The van der Waals surface area contributed by atoms with Gasteiger partial charge in [0, 0.05) is 0 Å². The third-order valence-corrected chi connectivity index (χ3v) is 1.33. The molecule has 2 heteroatoms. The Morgan fingerprint density at radius 1 is 1.50 bits per heavy atom. The van der Waals surface area contributed by atoms with Crippen LogP contribution in [0.5, 0.6) is 0 Å². The van der Waals surface area contributed by atoms with Crippen molar-refractivity contribution in [2.24, 2.45) is 5.92 Å². The fraction of sp³-hybridized carbons (Fsp3) is 0.833. The van der Waals surface area contributed by atoms with Gasteiger partial charge in [-0.1, -0.05) is 13.8 Å². The Bertz CT molecular complexity index is 88.7. The SMILES string of the molecule is CCC(C=[N+]=[N-])CC. The summed E-state index contributed by atoms with van der Waals surface area (Å²) in [5, 5.41) is 0. The Morgan fingerprint density at radius 2 is 2.00 bits per heavy atom. The van der Waals surface area contributed by atoms with E-state index in [9.17, 15) is 0 Å². The van der Waals surface area contributed by atoms with Gasteiger partial charge in [0.15, 0.2) is 0 Å². The summed E-state index contributed by atoms with van der Waals surface area (Å²) in [6, 6.07) is 0. The van der Waals surface area contributed by atoms with Crippen LogP contribution in [0.15, 0.2) is 0 Å². The first kappa shape index (κ1) is 7.38. The molecule has 0 saturated carbocycles. The van der Waals surface area contributed by atoms with E-state index in [2.05, 4.69) is 18.6 Å². The van der Waals surface area contributed by atoms with E-state index in [1.165, 1.54) is 0 Å². The van der Waals surface area contributed by atoms with E-state index in [0.29, 0.717) is 5.92 Å². The lowest BCUT2D eigenvalue weighted by Gasteiger charge is -1.94.